The van der Waals surface area contributed by atoms with Crippen molar-refractivity contribution in [3.05, 3.63) is 67.9 Å². The number of benzene rings is 2. The molecule has 0 atom stereocenters. The Kier molecular flexibility index (Phi) is 5.37. The molecule has 0 bridgehead atoms. The largest absolute Gasteiger partial charge is 0.253 e. The quantitative estimate of drug-likeness (QED) is 0.217. The van der Waals surface area contributed by atoms with Crippen LogP contribution >= 0.6 is 43.2 Å². The Labute approximate surface area is 157 Å². The molecule has 0 aliphatic heterocycles. The van der Waals surface area contributed by atoms with E-state index in [2.05, 4.69) is 47.4 Å². The van der Waals surface area contributed by atoms with E-state index in [1.54, 1.807) is 0 Å². The SMILES string of the molecule is Fc1cc(Br)c(F)c(Br)c1C=NNc1nc(-c2ccccc2)cs1. The van der Waals surface area contributed by atoms with Crippen molar-refractivity contribution >= 4 is 54.5 Å². The minimum Gasteiger partial charge on any atom is -0.253 e. The fourth-order valence-corrected chi connectivity index (χ4v) is 3.76. The average Bonchev–Trinajstić information content (AvgIpc) is 3.06. The first-order valence-electron chi connectivity index (χ1n) is 6.69. The smallest absolute Gasteiger partial charge is 0.203 e. The first-order valence-corrected chi connectivity index (χ1v) is 9.16. The number of nitrogens with zero attached hydrogens (tertiary/aromatic N) is 2. The third-order valence-corrected chi connectivity index (χ3v) is 5.18. The van der Waals surface area contributed by atoms with E-state index in [1.807, 2.05) is 35.7 Å². The molecule has 1 N–H and O–H groups in total. The van der Waals surface area contributed by atoms with E-state index in [0.717, 1.165) is 17.3 Å². The summed E-state index contributed by atoms with van der Waals surface area (Å²) in [6.07, 6.45) is 1.21. The van der Waals surface area contributed by atoms with Gasteiger partial charge in [0.25, 0.3) is 0 Å². The lowest BCUT2D eigenvalue weighted by molar-refractivity contribution is 0.587. The minimum atomic E-state index is -0.593. The molecule has 0 unspecified atom stereocenters. The predicted octanol–water partition coefficient (Wildman–Crippen LogP) is 6.06. The molecule has 0 fully saturated rings. The maximum Gasteiger partial charge on any atom is 0.203 e. The highest BCUT2D eigenvalue weighted by molar-refractivity contribution is 9.11. The standard InChI is InChI=1S/C16H9Br2F2N3S/c17-11-6-12(19)10(14(18)15(11)20)7-21-23-16-22-13(8-24-16)9-4-2-1-3-5-9/h1-8H,(H,22,23). The molecular weight excluding hydrogens is 464 g/mol. The van der Waals surface area contributed by atoms with Gasteiger partial charge in [0.1, 0.15) is 5.82 Å². The summed E-state index contributed by atoms with van der Waals surface area (Å²) in [6.45, 7) is 0. The van der Waals surface area contributed by atoms with Crippen LogP contribution in [-0.2, 0) is 0 Å². The van der Waals surface area contributed by atoms with Gasteiger partial charge >= 0.3 is 0 Å². The summed E-state index contributed by atoms with van der Waals surface area (Å²) >= 11 is 7.34. The predicted molar refractivity (Wildman–Crippen MR) is 101 cm³/mol. The summed E-state index contributed by atoms with van der Waals surface area (Å²) in [6, 6.07) is 10.8. The fraction of sp³-hybridized carbons (Fsp3) is 0. The molecule has 0 spiro atoms. The van der Waals surface area contributed by atoms with Crippen LogP contribution in [0.5, 0.6) is 0 Å². The third kappa shape index (κ3) is 3.71. The van der Waals surface area contributed by atoms with Gasteiger partial charge in [0, 0.05) is 16.5 Å². The second-order valence-corrected chi connectivity index (χ2v) is 7.16. The van der Waals surface area contributed by atoms with Gasteiger partial charge in [-0.3, -0.25) is 5.43 Å². The monoisotopic (exact) mass is 471 g/mol. The second kappa shape index (κ2) is 7.50. The molecular formula is C16H9Br2F2N3S. The maximum absolute atomic E-state index is 13.9. The Morgan fingerprint density at radius 3 is 2.67 bits per heavy atom. The van der Waals surface area contributed by atoms with Gasteiger partial charge in [-0.25, -0.2) is 13.8 Å². The highest BCUT2D eigenvalue weighted by Gasteiger charge is 2.14. The summed E-state index contributed by atoms with van der Waals surface area (Å²) in [4.78, 5) is 4.39. The molecule has 0 aliphatic carbocycles. The van der Waals surface area contributed by atoms with Gasteiger partial charge in [-0.2, -0.15) is 5.10 Å². The number of halogens is 4. The highest BCUT2D eigenvalue weighted by atomic mass is 79.9. The molecule has 3 nitrogen and oxygen atoms in total. The van der Waals surface area contributed by atoms with Crippen LogP contribution in [0.4, 0.5) is 13.9 Å². The van der Waals surface area contributed by atoms with E-state index in [9.17, 15) is 8.78 Å². The van der Waals surface area contributed by atoms with Crippen molar-refractivity contribution in [3.63, 3.8) is 0 Å². The van der Waals surface area contributed by atoms with E-state index >= 15 is 0 Å². The summed E-state index contributed by atoms with van der Waals surface area (Å²) in [5.41, 5.74) is 4.56. The van der Waals surface area contributed by atoms with Crippen molar-refractivity contribution < 1.29 is 8.78 Å². The lowest BCUT2D eigenvalue weighted by Gasteiger charge is -2.04. The molecule has 1 aromatic heterocycles. The molecule has 0 aliphatic rings. The first-order chi connectivity index (χ1) is 11.6. The van der Waals surface area contributed by atoms with Crippen molar-refractivity contribution in [2.24, 2.45) is 5.10 Å². The van der Waals surface area contributed by atoms with Crippen molar-refractivity contribution in [3.8, 4) is 11.3 Å². The van der Waals surface area contributed by atoms with Crippen molar-refractivity contribution in [2.75, 3.05) is 5.43 Å². The number of aromatic nitrogens is 1. The number of hydrazone groups is 1. The zero-order valence-corrected chi connectivity index (χ0v) is 15.9. The van der Waals surface area contributed by atoms with Crippen LogP contribution in [-0.4, -0.2) is 11.2 Å². The zero-order chi connectivity index (χ0) is 17.1. The molecule has 0 saturated carbocycles. The number of hydrogen-bond donors (Lipinski definition) is 1. The van der Waals surface area contributed by atoms with E-state index in [-0.39, 0.29) is 14.5 Å². The molecule has 3 rings (SSSR count). The second-order valence-electron chi connectivity index (χ2n) is 4.66. The number of hydrogen-bond acceptors (Lipinski definition) is 4. The van der Waals surface area contributed by atoms with E-state index < -0.39 is 11.6 Å². The highest BCUT2D eigenvalue weighted by Crippen LogP contribution is 2.29. The van der Waals surface area contributed by atoms with Gasteiger partial charge in [-0.05, 0) is 37.9 Å². The topological polar surface area (TPSA) is 37.3 Å². The molecule has 24 heavy (non-hydrogen) atoms. The van der Waals surface area contributed by atoms with Crippen LogP contribution in [0.1, 0.15) is 5.56 Å². The van der Waals surface area contributed by atoms with E-state index in [1.165, 1.54) is 17.6 Å². The van der Waals surface area contributed by atoms with Crippen molar-refractivity contribution in [1.82, 2.24) is 4.98 Å². The van der Waals surface area contributed by atoms with Crippen molar-refractivity contribution in [1.29, 1.82) is 0 Å². The molecule has 1 heterocycles. The number of rotatable bonds is 4. The molecule has 0 amide bonds. The molecule has 2 aromatic carbocycles. The van der Waals surface area contributed by atoms with Crippen molar-refractivity contribution in [2.45, 2.75) is 0 Å². The molecule has 122 valence electrons. The van der Waals surface area contributed by atoms with E-state index in [4.69, 9.17) is 0 Å². The van der Waals surface area contributed by atoms with Crippen LogP contribution in [0.25, 0.3) is 11.3 Å². The summed E-state index contributed by atoms with van der Waals surface area (Å²) in [5, 5.41) is 6.38. The number of anilines is 1. The van der Waals surface area contributed by atoms with Crippen LogP contribution in [0.15, 0.2) is 55.8 Å². The molecule has 0 saturated heterocycles. The van der Waals surface area contributed by atoms with Crippen LogP contribution in [0.3, 0.4) is 0 Å². The Hall–Kier alpha value is -1.64. The number of nitrogens with one attached hydrogen (secondary N) is 1. The average molecular weight is 473 g/mol. The Morgan fingerprint density at radius 2 is 1.92 bits per heavy atom. The first kappa shape index (κ1) is 17.2. The third-order valence-electron chi connectivity index (χ3n) is 3.08. The van der Waals surface area contributed by atoms with Crippen LogP contribution in [0, 0.1) is 11.6 Å². The lowest BCUT2D eigenvalue weighted by atomic mass is 10.2. The van der Waals surface area contributed by atoms with Gasteiger partial charge in [-0.1, -0.05) is 30.3 Å². The Bertz CT molecular complexity index is 898. The normalized spacial score (nSPS) is 11.2. The summed E-state index contributed by atoms with van der Waals surface area (Å²) in [7, 11) is 0. The van der Waals surface area contributed by atoms with Crippen LogP contribution in [0.2, 0.25) is 0 Å². The minimum absolute atomic E-state index is 0.00374. The van der Waals surface area contributed by atoms with Gasteiger partial charge in [0.15, 0.2) is 5.82 Å². The molecule has 3 aromatic rings. The maximum atomic E-state index is 13.9. The van der Waals surface area contributed by atoms with E-state index in [0.29, 0.717) is 5.13 Å². The number of thiazole rings is 1. The summed E-state index contributed by atoms with van der Waals surface area (Å²) in [5.74, 6) is -1.18. The fourth-order valence-electron chi connectivity index (χ4n) is 1.92. The molecule has 0 radical (unpaired) electrons. The Morgan fingerprint density at radius 1 is 1.17 bits per heavy atom. The molecule has 8 heteroatoms. The lowest BCUT2D eigenvalue weighted by Crippen LogP contribution is -1.97. The van der Waals surface area contributed by atoms with Crippen LogP contribution < -0.4 is 5.43 Å². The zero-order valence-electron chi connectivity index (χ0n) is 11.9. The van der Waals surface area contributed by atoms with Gasteiger partial charge in [0.05, 0.1) is 20.9 Å². The van der Waals surface area contributed by atoms with Gasteiger partial charge < -0.3 is 0 Å². The van der Waals surface area contributed by atoms with Gasteiger partial charge in [-0.15, -0.1) is 11.3 Å². The summed E-state index contributed by atoms with van der Waals surface area (Å²) < 4.78 is 27.7. The van der Waals surface area contributed by atoms with Gasteiger partial charge in [0.2, 0.25) is 5.13 Å². The Balaban J connectivity index is 1.76.